The lowest BCUT2D eigenvalue weighted by Gasteiger charge is -2.40. The lowest BCUT2D eigenvalue weighted by molar-refractivity contribution is 0.429. The van der Waals surface area contributed by atoms with Gasteiger partial charge in [-0.1, -0.05) is 23.4 Å². The van der Waals surface area contributed by atoms with E-state index in [0.717, 1.165) is 23.3 Å². The molecule has 0 radical (unpaired) electrons. The number of nitrogen functional groups attached to an aromatic ring is 1. The van der Waals surface area contributed by atoms with E-state index in [4.69, 9.17) is 27.8 Å². The van der Waals surface area contributed by atoms with Crippen LogP contribution in [-0.4, -0.2) is 16.7 Å². The van der Waals surface area contributed by atoms with Gasteiger partial charge in [-0.05, 0) is 30.7 Å². The number of thioether (sulfide) groups is 1. The summed E-state index contributed by atoms with van der Waals surface area (Å²) in [5.74, 6) is 1.47. The van der Waals surface area contributed by atoms with Gasteiger partial charge in [-0.25, -0.2) is 4.98 Å². The molecule has 4 rings (SSSR count). The number of hydrogen-bond donors (Lipinski definition) is 2. The normalized spacial score (nSPS) is 22.5. The molecule has 2 aromatic rings. The van der Waals surface area contributed by atoms with Gasteiger partial charge in [0.2, 0.25) is 0 Å². The van der Waals surface area contributed by atoms with Crippen LogP contribution in [0.15, 0.2) is 35.5 Å². The van der Waals surface area contributed by atoms with Crippen molar-refractivity contribution in [2.45, 2.75) is 11.2 Å². The molecule has 1 aromatic carbocycles. The van der Waals surface area contributed by atoms with Crippen molar-refractivity contribution in [1.82, 2.24) is 4.98 Å². The zero-order chi connectivity index (χ0) is 15.3. The van der Waals surface area contributed by atoms with Crippen molar-refractivity contribution in [2.75, 3.05) is 12.3 Å². The average molecular weight is 333 g/mol. The number of aromatic nitrogens is 1. The second-order valence-electron chi connectivity index (χ2n) is 5.26. The van der Waals surface area contributed by atoms with Crippen molar-refractivity contribution in [2.24, 2.45) is 10.7 Å². The fourth-order valence-electron chi connectivity index (χ4n) is 2.99. The van der Waals surface area contributed by atoms with Crippen LogP contribution in [0, 0.1) is 0 Å². The fraction of sp³-hybridized carbons (Fsp3) is 0.200. The number of nitrogens with two attached hydrogens (primary N) is 2. The first kappa shape index (κ1) is 13.7. The summed E-state index contributed by atoms with van der Waals surface area (Å²) in [5, 5.41) is 0.983. The minimum absolute atomic E-state index is 0.392. The largest absolute Gasteiger partial charge is 0.455 e. The molecule has 3 heterocycles. The number of aliphatic imine (C=N–C) groups is 1. The van der Waals surface area contributed by atoms with Crippen LogP contribution >= 0.6 is 23.4 Å². The number of hydrogen-bond acceptors (Lipinski definition) is 6. The summed E-state index contributed by atoms with van der Waals surface area (Å²) in [4.78, 5) is 8.43. The van der Waals surface area contributed by atoms with Gasteiger partial charge < -0.3 is 16.2 Å². The Bertz CT molecular complexity index is 757. The molecule has 0 amide bonds. The van der Waals surface area contributed by atoms with Gasteiger partial charge in [0.1, 0.15) is 10.9 Å². The molecular formula is C15H13ClN4OS. The molecule has 0 aliphatic carbocycles. The van der Waals surface area contributed by atoms with E-state index in [0.29, 0.717) is 28.3 Å². The van der Waals surface area contributed by atoms with Crippen LogP contribution in [0.4, 0.5) is 5.69 Å². The highest BCUT2D eigenvalue weighted by molar-refractivity contribution is 8.14. The Morgan fingerprint density at radius 2 is 2.00 bits per heavy atom. The maximum Gasteiger partial charge on any atom is 0.155 e. The van der Waals surface area contributed by atoms with Crippen LogP contribution in [0.1, 0.15) is 17.5 Å². The Kier molecular flexibility index (Phi) is 2.99. The molecular weight excluding hydrogens is 320 g/mol. The minimum Gasteiger partial charge on any atom is -0.455 e. The molecule has 2 aliphatic rings. The molecule has 2 aliphatic heterocycles. The van der Waals surface area contributed by atoms with E-state index in [1.54, 1.807) is 6.20 Å². The van der Waals surface area contributed by atoms with Crippen LogP contribution in [0.2, 0.25) is 5.15 Å². The maximum atomic E-state index is 6.11. The van der Waals surface area contributed by atoms with Gasteiger partial charge in [-0.3, -0.25) is 4.99 Å². The zero-order valence-corrected chi connectivity index (χ0v) is 13.1. The summed E-state index contributed by atoms with van der Waals surface area (Å²) in [6.45, 7) is 0.645. The topological polar surface area (TPSA) is 86.5 Å². The fourth-order valence-corrected chi connectivity index (χ4v) is 4.40. The van der Waals surface area contributed by atoms with E-state index in [9.17, 15) is 0 Å². The minimum atomic E-state index is -0.392. The summed E-state index contributed by atoms with van der Waals surface area (Å²) >= 11 is 7.63. The van der Waals surface area contributed by atoms with Crippen molar-refractivity contribution in [3.63, 3.8) is 0 Å². The van der Waals surface area contributed by atoms with Crippen LogP contribution in [0.25, 0.3) is 0 Å². The standard InChI is InChI=1S/C15H13ClN4OS/c16-13-6-10-12(7-20-13)21-11-2-1-8(17)5-9(11)15(10)3-4-19-14(18)22-15/h1-2,5-7H,3-4,17H2,(H2,18,19)/t15-/m0/s1. The molecule has 22 heavy (non-hydrogen) atoms. The third-order valence-electron chi connectivity index (χ3n) is 3.94. The van der Waals surface area contributed by atoms with Crippen LogP contribution in [-0.2, 0) is 4.75 Å². The molecule has 0 fully saturated rings. The van der Waals surface area contributed by atoms with Crippen molar-refractivity contribution in [3.8, 4) is 11.5 Å². The molecule has 0 saturated heterocycles. The highest BCUT2D eigenvalue weighted by Gasteiger charge is 2.45. The third kappa shape index (κ3) is 1.94. The Labute approximate surface area is 136 Å². The summed E-state index contributed by atoms with van der Waals surface area (Å²) in [7, 11) is 0. The number of amidine groups is 1. The third-order valence-corrected chi connectivity index (χ3v) is 5.48. The van der Waals surface area contributed by atoms with Crippen molar-refractivity contribution < 1.29 is 4.74 Å². The second kappa shape index (κ2) is 4.79. The number of benzene rings is 1. The summed E-state index contributed by atoms with van der Waals surface area (Å²) in [5.41, 5.74) is 14.7. The molecule has 4 N–H and O–H groups in total. The zero-order valence-electron chi connectivity index (χ0n) is 11.5. The van der Waals surface area contributed by atoms with Crippen LogP contribution < -0.4 is 16.2 Å². The number of pyridine rings is 1. The quantitative estimate of drug-likeness (QED) is 0.571. The van der Waals surface area contributed by atoms with E-state index in [-0.39, 0.29) is 0 Å². The van der Waals surface area contributed by atoms with E-state index in [1.165, 1.54) is 11.8 Å². The Hall–Kier alpha value is -1.92. The number of halogens is 1. The number of ether oxygens (including phenoxy) is 1. The Balaban J connectivity index is 2.01. The molecule has 5 nitrogen and oxygen atoms in total. The van der Waals surface area contributed by atoms with E-state index >= 15 is 0 Å². The maximum absolute atomic E-state index is 6.11. The van der Waals surface area contributed by atoms with E-state index in [1.807, 2.05) is 24.3 Å². The predicted molar refractivity (Wildman–Crippen MR) is 89.7 cm³/mol. The van der Waals surface area contributed by atoms with Gasteiger partial charge in [-0.2, -0.15) is 0 Å². The van der Waals surface area contributed by atoms with Crippen molar-refractivity contribution in [3.05, 3.63) is 46.7 Å². The number of nitrogens with zero attached hydrogens (tertiary/aromatic N) is 2. The molecule has 1 spiro atoms. The first-order valence-corrected chi connectivity index (χ1v) is 8.01. The van der Waals surface area contributed by atoms with E-state index in [2.05, 4.69) is 9.98 Å². The summed E-state index contributed by atoms with van der Waals surface area (Å²) in [6.07, 6.45) is 2.45. The smallest absolute Gasteiger partial charge is 0.155 e. The summed E-state index contributed by atoms with van der Waals surface area (Å²) < 4.78 is 5.59. The number of fused-ring (bicyclic) bond motifs is 4. The Morgan fingerprint density at radius 1 is 1.18 bits per heavy atom. The Morgan fingerprint density at radius 3 is 2.82 bits per heavy atom. The molecule has 112 valence electrons. The SMILES string of the molecule is NC1=NCC[C@]2(S1)c1cc(N)ccc1Oc1cnc(Cl)cc12. The summed E-state index contributed by atoms with van der Waals surface area (Å²) in [6, 6.07) is 7.49. The van der Waals surface area contributed by atoms with Gasteiger partial charge in [0.15, 0.2) is 10.9 Å². The van der Waals surface area contributed by atoms with Gasteiger partial charge in [0.25, 0.3) is 0 Å². The average Bonchev–Trinajstić information content (AvgIpc) is 2.49. The molecule has 1 aromatic heterocycles. The lowest BCUT2D eigenvalue weighted by atomic mass is 9.84. The first-order valence-electron chi connectivity index (χ1n) is 6.81. The molecule has 0 saturated carbocycles. The first-order chi connectivity index (χ1) is 10.6. The van der Waals surface area contributed by atoms with Gasteiger partial charge in [-0.15, -0.1) is 0 Å². The number of anilines is 1. The van der Waals surface area contributed by atoms with Gasteiger partial charge in [0.05, 0.1) is 10.9 Å². The highest BCUT2D eigenvalue weighted by Crippen LogP contribution is 2.57. The van der Waals surface area contributed by atoms with Crippen molar-refractivity contribution in [1.29, 1.82) is 0 Å². The van der Waals surface area contributed by atoms with Crippen LogP contribution in [0.3, 0.4) is 0 Å². The lowest BCUT2D eigenvalue weighted by Crippen LogP contribution is -2.35. The second-order valence-corrected chi connectivity index (χ2v) is 6.97. The molecule has 0 unspecified atom stereocenters. The van der Waals surface area contributed by atoms with Gasteiger partial charge >= 0.3 is 0 Å². The molecule has 7 heteroatoms. The molecule has 0 bridgehead atoms. The van der Waals surface area contributed by atoms with Gasteiger partial charge in [0, 0.05) is 23.4 Å². The van der Waals surface area contributed by atoms with Crippen LogP contribution in [0.5, 0.6) is 11.5 Å². The highest BCUT2D eigenvalue weighted by atomic mass is 35.5. The molecule has 1 atom stereocenters. The number of rotatable bonds is 0. The van der Waals surface area contributed by atoms with E-state index < -0.39 is 4.75 Å². The monoisotopic (exact) mass is 332 g/mol. The predicted octanol–water partition coefficient (Wildman–Crippen LogP) is 3.12. The van der Waals surface area contributed by atoms with Crippen molar-refractivity contribution >= 4 is 34.2 Å².